The number of carbonyl (C=O) groups is 1. The molecule has 3 N–H and O–H groups in total. The van der Waals surface area contributed by atoms with Crippen molar-refractivity contribution in [2.75, 3.05) is 0 Å². The Morgan fingerprint density at radius 3 is 2.95 bits per heavy atom. The van der Waals surface area contributed by atoms with Crippen molar-refractivity contribution in [2.45, 2.75) is 6.61 Å². The highest BCUT2D eigenvalue weighted by Gasteiger charge is 2.18. The zero-order chi connectivity index (χ0) is 15.4. The molecule has 1 heterocycles. The number of nitrogens with zero attached hydrogens (tertiary/aromatic N) is 2. The molecular formula is C11H9FN4O5. The molecule has 0 unspecified atom stereocenters. The second-order valence-corrected chi connectivity index (χ2v) is 3.81. The number of hydrazine groups is 1. The summed E-state index contributed by atoms with van der Waals surface area (Å²) < 4.78 is 22.9. The van der Waals surface area contributed by atoms with Crippen LogP contribution in [0.15, 0.2) is 28.8 Å². The lowest BCUT2D eigenvalue weighted by Gasteiger charge is -2.04. The van der Waals surface area contributed by atoms with Crippen LogP contribution in [-0.2, 0) is 6.61 Å². The Balaban J connectivity index is 2.11. The van der Waals surface area contributed by atoms with Gasteiger partial charge in [-0.3, -0.25) is 20.3 Å². The Labute approximate surface area is 116 Å². The maximum absolute atomic E-state index is 13.0. The highest BCUT2D eigenvalue weighted by Crippen LogP contribution is 2.28. The minimum Gasteiger partial charge on any atom is -0.479 e. The molecule has 0 saturated heterocycles. The molecule has 2 rings (SSSR count). The van der Waals surface area contributed by atoms with Crippen molar-refractivity contribution in [1.29, 1.82) is 0 Å². The molecule has 21 heavy (non-hydrogen) atoms. The summed E-state index contributed by atoms with van der Waals surface area (Å²) in [4.78, 5) is 21.2. The Morgan fingerprint density at radius 1 is 1.52 bits per heavy atom. The first-order chi connectivity index (χ1) is 10.0. The van der Waals surface area contributed by atoms with E-state index in [9.17, 15) is 19.3 Å². The van der Waals surface area contributed by atoms with Gasteiger partial charge in [-0.2, -0.15) is 0 Å². The van der Waals surface area contributed by atoms with Crippen LogP contribution in [0, 0.1) is 15.9 Å². The third kappa shape index (κ3) is 3.30. The number of hydrogen-bond donors (Lipinski definition) is 2. The second kappa shape index (κ2) is 5.96. The van der Waals surface area contributed by atoms with Gasteiger partial charge in [-0.25, -0.2) is 10.2 Å². The van der Waals surface area contributed by atoms with Crippen molar-refractivity contribution < 1.29 is 23.4 Å². The largest absolute Gasteiger partial charge is 0.479 e. The topological polar surface area (TPSA) is 134 Å². The van der Waals surface area contributed by atoms with Crippen molar-refractivity contribution in [1.82, 2.24) is 10.6 Å². The molecule has 0 aliphatic heterocycles. The molecule has 0 atom stereocenters. The van der Waals surface area contributed by atoms with Gasteiger partial charge in [-0.05, 0) is 12.1 Å². The fourth-order valence-corrected chi connectivity index (χ4v) is 1.47. The SMILES string of the molecule is NNC(=O)c1cc(COc2ccc(F)cc2[N+](=O)[O-])on1. The van der Waals surface area contributed by atoms with Crippen LogP contribution in [0.2, 0.25) is 0 Å². The van der Waals surface area contributed by atoms with E-state index >= 15 is 0 Å². The Kier molecular flexibility index (Phi) is 4.09. The van der Waals surface area contributed by atoms with E-state index in [-0.39, 0.29) is 23.8 Å². The molecule has 1 aromatic carbocycles. The van der Waals surface area contributed by atoms with Gasteiger partial charge in [0.1, 0.15) is 12.4 Å². The van der Waals surface area contributed by atoms with E-state index in [2.05, 4.69) is 5.16 Å². The summed E-state index contributed by atoms with van der Waals surface area (Å²) in [6.45, 7) is -0.225. The van der Waals surface area contributed by atoms with Crippen molar-refractivity contribution in [3.8, 4) is 5.75 Å². The highest BCUT2D eigenvalue weighted by molar-refractivity contribution is 5.91. The number of nitro groups is 1. The van der Waals surface area contributed by atoms with Gasteiger partial charge in [0.25, 0.3) is 5.91 Å². The number of ether oxygens (including phenoxy) is 1. The quantitative estimate of drug-likeness (QED) is 0.362. The highest BCUT2D eigenvalue weighted by atomic mass is 19.1. The van der Waals surface area contributed by atoms with Gasteiger partial charge in [0.2, 0.25) is 0 Å². The smallest absolute Gasteiger partial charge is 0.313 e. The average molecular weight is 296 g/mol. The average Bonchev–Trinajstić information content (AvgIpc) is 2.93. The van der Waals surface area contributed by atoms with E-state index in [1.165, 1.54) is 6.07 Å². The number of nitrogen functional groups attached to an aromatic ring is 1. The molecule has 9 nitrogen and oxygen atoms in total. The fourth-order valence-electron chi connectivity index (χ4n) is 1.47. The van der Waals surface area contributed by atoms with Crippen molar-refractivity contribution in [2.24, 2.45) is 5.84 Å². The first kappa shape index (κ1) is 14.4. The van der Waals surface area contributed by atoms with E-state index in [1.807, 2.05) is 5.43 Å². The molecule has 0 spiro atoms. The van der Waals surface area contributed by atoms with Crippen LogP contribution in [0.25, 0.3) is 0 Å². The van der Waals surface area contributed by atoms with Gasteiger partial charge in [-0.15, -0.1) is 0 Å². The van der Waals surface area contributed by atoms with Gasteiger partial charge in [0, 0.05) is 6.07 Å². The first-order valence-corrected chi connectivity index (χ1v) is 5.54. The summed E-state index contributed by atoms with van der Waals surface area (Å²) >= 11 is 0. The first-order valence-electron chi connectivity index (χ1n) is 5.54. The number of aromatic nitrogens is 1. The molecule has 110 valence electrons. The van der Waals surface area contributed by atoms with E-state index in [0.717, 1.165) is 18.2 Å². The number of benzene rings is 1. The number of carbonyl (C=O) groups excluding carboxylic acids is 1. The lowest BCUT2D eigenvalue weighted by molar-refractivity contribution is -0.386. The monoisotopic (exact) mass is 296 g/mol. The molecule has 0 radical (unpaired) electrons. The second-order valence-electron chi connectivity index (χ2n) is 3.81. The number of amides is 1. The minimum absolute atomic E-state index is 0.0651. The summed E-state index contributed by atoms with van der Waals surface area (Å²) in [5.74, 6) is 3.52. The third-order valence-electron chi connectivity index (χ3n) is 2.41. The maximum Gasteiger partial charge on any atom is 0.313 e. The van der Waals surface area contributed by atoms with Crippen LogP contribution in [0.3, 0.4) is 0 Å². The Bertz CT molecular complexity index is 687. The predicted octanol–water partition coefficient (Wildman–Crippen LogP) is 0.904. The van der Waals surface area contributed by atoms with Gasteiger partial charge in [0.05, 0.1) is 11.0 Å². The number of nitrogens with one attached hydrogen (secondary N) is 1. The normalized spacial score (nSPS) is 10.2. The number of rotatable bonds is 5. The van der Waals surface area contributed by atoms with Gasteiger partial charge in [0.15, 0.2) is 17.2 Å². The lowest BCUT2D eigenvalue weighted by Crippen LogP contribution is -2.30. The maximum atomic E-state index is 13.0. The zero-order valence-corrected chi connectivity index (χ0v) is 10.4. The number of nitro benzene ring substituents is 1. The predicted molar refractivity (Wildman–Crippen MR) is 65.5 cm³/mol. The van der Waals surface area contributed by atoms with Gasteiger partial charge in [-0.1, -0.05) is 5.16 Å². The Hall–Kier alpha value is -3.01. The van der Waals surface area contributed by atoms with E-state index in [0.29, 0.717) is 0 Å². The summed E-state index contributed by atoms with van der Waals surface area (Å²) in [5, 5.41) is 14.2. The van der Waals surface area contributed by atoms with Crippen LogP contribution >= 0.6 is 0 Å². The number of hydrogen-bond acceptors (Lipinski definition) is 7. The minimum atomic E-state index is -0.772. The molecule has 2 aromatic rings. The molecule has 1 amide bonds. The van der Waals surface area contributed by atoms with Crippen LogP contribution in [0.1, 0.15) is 16.2 Å². The summed E-state index contributed by atoms with van der Waals surface area (Å²) in [5.41, 5.74) is 1.28. The summed E-state index contributed by atoms with van der Waals surface area (Å²) in [7, 11) is 0. The molecule has 0 saturated carbocycles. The molecule has 0 aliphatic rings. The van der Waals surface area contributed by atoms with Gasteiger partial charge < -0.3 is 9.26 Å². The van der Waals surface area contributed by atoms with Crippen LogP contribution in [-0.4, -0.2) is 16.0 Å². The standard InChI is InChI=1S/C11H9FN4O5/c12-6-1-2-10(9(3-6)16(18)19)20-5-7-4-8(15-21-7)11(17)14-13/h1-4H,5,13H2,(H,14,17). The van der Waals surface area contributed by atoms with Gasteiger partial charge >= 0.3 is 5.69 Å². The third-order valence-corrected chi connectivity index (χ3v) is 2.41. The van der Waals surface area contributed by atoms with E-state index in [1.54, 1.807) is 0 Å². The van der Waals surface area contributed by atoms with Crippen LogP contribution in [0.5, 0.6) is 5.75 Å². The molecular weight excluding hydrogens is 287 g/mol. The molecule has 0 fully saturated rings. The van der Waals surface area contributed by atoms with E-state index in [4.69, 9.17) is 15.1 Å². The summed E-state index contributed by atoms with van der Waals surface area (Å²) in [6.07, 6.45) is 0. The molecule has 10 heteroatoms. The zero-order valence-electron chi connectivity index (χ0n) is 10.4. The molecule has 0 bridgehead atoms. The lowest BCUT2D eigenvalue weighted by atomic mass is 10.3. The van der Waals surface area contributed by atoms with Crippen molar-refractivity contribution in [3.63, 3.8) is 0 Å². The number of nitrogens with two attached hydrogens (primary N) is 1. The molecule has 0 aliphatic carbocycles. The van der Waals surface area contributed by atoms with E-state index < -0.39 is 22.3 Å². The summed E-state index contributed by atoms with van der Waals surface area (Å²) in [6, 6.07) is 4.15. The number of halogens is 1. The fraction of sp³-hybridized carbons (Fsp3) is 0.0909. The van der Waals surface area contributed by atoms with Crippen molar-refractivity contribution >= 4 is 11.6 Å². The Morgan fingerprint density at radius 2 is 2.29 bits per heavy atom. The molecule has 1 aromatic heterocycles. The van der Waals surface area contributed by atoms with Crippen LogP contribution < -0.4 is 16.0 Å². The van der Waals surface area contributed by atoms with Crippen molar-refractivity contribution in [3.05, 3.63) is 51.7 Å². The van der Waals surface area contributed by atoms with Crippen LogP contribution in [0.4, 0.5) is 10.1 Å².